The number of hydrogen-bond donors (Lipinski definition) is 2. The molecular formula is C15H20N4S. The van der Waals surface area contributed by atoms with E-state index < -0.39 is 0 Å². The molecule has 0 aliphatic heterocycles. The van der Waals surface area contributed by atoms with Gasteiger partial charge in [-0.15, -0.1) is 0 Å². The minimum Gasteiger partial charge on any atom is -0.375 e. The van der Waals surface area contributed by atoms with Crippen molar-refractivity contribution in [2.75, 3.05) is 0 Å². The Balaban J connectivity index is 2.25. The largest absolute Gasteiger partial charge is 0.375 e. The number of nitrogens with two attached hydrogens (primary N) is 1. The maximum atomic E-state index is 5.36. The lowest BCUT2D eigenvalue weighted by Gasteiger charge is -2.03. The number of hydrazone groups is 1. The molecule has 0 amide bonds. The summed E-state index contributed by atoms with van der Waals surface area (Å²) in [4.78, 5) is 0. The fraction of sp³-hybridized carbons (Fsp3) is 0.333. The molecule has 0 saturated carbocycles. The topological polar surface area (TPSA) is 55.3 Å². The summed E-state index contributed by atoms with van der Waals surface area (Å²) in [6.45, 7) is 3.25. The van der Waals surface area contributed by atoms with Gasteiger partial charge in [-0.2, -0.15) is 5.10 Å². The van der Waals surface area contributed by atoms with Crippen molar-refractivity contribution in [2.24, 2.45) is 10.8 Å². The van der Waals surface area contributed by atoms with Gasteiger partial charge in [-0.1, -0.05) is 38.0 Å². The summed E-state index contributed by atoms with van der Waals surface area (Å²) in [7, 11) is 0. The number of nitrogens with one attached hydrogen (secondary N) is 1. The van der Waals surface area contributed by atoms with Gasteiger partial charge in [0.2, 0.25) is 0 Å². The number of thiocarbonyl (C=S) groups is 1. The predicted octanol–water partition coefficient (Wildman–Crippen LogP) is 3.00. The molecule has 1 aromatic heterocycles. The lowest BCUT2D eigenvalue weighted by molar-refractivity contribution is 0.616. The zero-order chi connectivity index (χ0) is 14.4. The van der Waals surface area contributed by atoms with E-state index in [1.165, 1.54) is 30.2 Å². The van der Waals surface area contributed by atoms with E-state index in [0.29, 0.717) is 0 Å². The van der Waals surface area contributed by atoms with Crippen LogP contribution in [-0.2, 0) is 6.54 Å². The molecule has 0 atom stereocenters. The van der Waals surface area contributed by atoms with E-state index in [4.69, 9.17) is 18.0 Å². The van der Waals surface area contributed by atoms with E-state index in [-0.39, 0.29) is 5.11 Å². The lowest BCUT2D eigenvalue weighted by Crippen LogP contribution is -2.23. The number of para-hydroxylation sites is 1. The van der Waals surface area contributed by atoms with Crippen molar-refractivity contribution < 1.29 is 0 Å². The molecule has 0 saturated heterocycles. The highest BCUT2D eigenvalue weighted by Gasteiger charge is 2.05. The molecule has 0 fully saturated rings. The predicted molar refractivity (Wildman–Crippen MR) is 89.0 cm³/mol. The van der Waals surface area contributed by atoms with Crippen LogP contribution in [0.1, 0.15) is 31.7 Å². The highest BCUT2D eigenvalue weighted by Crippen LogP contribution is 2.20. The molecule has 0 aliphatic rings. The summed E-state index contributed by atoms with van der Waals surface area (Å²) in [5, 5.41) is 5.41. The fourth-order valence-corrected chi connectivity index (χ4v) is 2.31. The first kappa shape index (κ1) is 14.5. The van der Waals surface area contributed by atoms with Gasteiger partial charge in [0.1, 0.15) is 0 Å². The molecule has 0 bridgehead atoms. The van der Waals surface area contributed by atoms with Crippen molar-refractivity contribution in [2.45, 2.75) is 32.7 Å². The fourth-order valence-electron chi connectivity index (χ4n) is 2.26. The van der Waals surface area contributed by atoms with Crippen LogP contribution in [0.2, 0.25) is 0 Å². The van der Waals surface area contributed by atoms with Crippen molar-refractivity contribution in [1.82, 2.24) is 9.99 Å². The molecule has 1 heterocycles. The third-order valence-electron chi connectivity index (χ3n) is 3.20. The Morgan fingerprint density at radius 1 is 1.40 bits per heavy atom. The first-order chi connectivity index (χ1) is 9.72. The highest BCUT2D eigenvalue weighted by atomic mass is 32.1. The minimum absolute atomic E-state index is 0.174. The molecule has 2 rings (SSSR count). The Morgan fingerprint density at radius 3 is 2.95 bits per heavy atom. The second-order valence-corrected chi connectivity index (χ2v) is 5.18. The zero-order valence-corrected chi connectivity index (χ0v) is 12.5. The van der Waals surface area contributed by atoms with E-state index in [9.17, 15) is 0 Å². The van der Waals surface area contributed by atoms with Gasteiger partial charge >= 0.3 is 0 Å². The number of aromatic nitrogens is 1. The van der Waals surface area contributed by atoms with Crippen LogP contribution in [0.15, 0.2) is 35.6 Å². The van der Waals surface area contributed by atoms with Gasteiger partial charge in [0.15, 0.2) is 5.11 Å². The molecule has 106 valence electrons. The van der Waals surface area contributed by atoms with Gasteiger partial charge in [-0.25, -0.2) is 0 Å². The van der Waals surface area contributed by atoms with Crippen LogP contribution in [0.25, 0.3) is 10.9 Å². The Kier molecular flexibility index (Phi) is 5.12. The van der Waals surface area contributed by atoms with E-state index in [1.807, 2.05) is 6.07 Å². The van der Waals surface area contributed by atoms with Gasteiger partial charge < -0.3 is 10.3 Å². The van der Waals surface area contributed by atoms with Gasteiger partial charge in [0, 0.05) is 29.2 Å². The van der Waals surface area contributed by atoms with Crippen molar-refractivity contribution >= 4 is 34.4 Å². The number of nitrogens with zero attached hydrogens (tertiary/aromatic N) is 2. The van der Waals surface area contributed by atoms with Gasteiger partial charge in [0.25, 0.3) is 0 Å². The number of unbranched alkanes of at least 4 members (excludes halogenated alkanes) is 2. The average molecular weight is 288 g/mol. The molecule has 1 aromatic carbocycles. The summed E-state index contributed by atoms with van der Waals surface area (Å²) in [6.07, 6.45) is 7.56. The van der Waals surface area contributed by atoms with E-state index >= 15 is 0 Å². The number of aryl methyl sites for hydroxylation is 1. The summed E-state index contributed by atoms with van der Waals surface area (Å²) in [5.41, 5.74) is 10.3. The Labute approximate surface area is 124 Å². The molecule has 0 aliphatic carbocycles. The SMILES string of the molecule is CCCCCn1cc(C=NNC(N)=S)c2ccccc21. The average Bonchev–Trinajstić information content (AvgIpc) is 2.78. The zero-order valence-electron chi connectivity index (χ0n) is 11.7. The quantitative estimate of drug-likeness (QED) is 0.372. The monoisotopic (exact) mass is 288 g/mol. The van der Waals surface area contributed by atoms with Crippen molar-refractivity contribution in [3.63, 3.8) is 0 Å². The van der Waals surface area contributed by atoms with Crippen molar-refractivity contribution in [3.05, 3.63) is 36.0 Å². The standard InChI is InChI=1S/C15H20N4S/c1-2-3-6-9-19-11-12(10-17-18-15(16)20)13-7-4-5-8-14(13)19/h4-5,7-8,10-11H,2-3,6,9H2,1H3,(H3,16,18,20). The number of rotatable bonds is 6. The first-order valence-corrected chi connectivity index (χ1v) is 7.29. The maximum absolute atomic E-state index is 5.36. The minimum atomic E-state index is 0.174. The van der Waals surface area contributed by atoms with Gasteiger partial charge in [-0.3, -0.25) is 5.43 Å². The molecule has 2 aromatic rings. The molecule has 4 nitrogen and oxygen atoms in total. The molecule has 5 heteroatoms. The van der Waals surface area contributed by atoms with E-state index in [0.717, 1.165) is 12.1 Å². The molecular weight excluding hydrogens is 268 g/mol. The smallest absolute Gasteiger partial charge is 0.184 e. The normalized spacial score (nSPS) is 11.2. The Bertz CT molecular complexity index is 615. The van der Waals surface area contributed by atoms with Gasteiger partial charge in [-0.05, 0) is 24.7 Å². The summed E-state index contributed by atoms with van der Waals surface area (Å²) >= 11 is 4.73. The Morgan fingerprint density at radius 2 is 2.20 bits per heavy atom. The van der Waals surface area contributed by atoms with Crippen molar-refractivity contribution in [1.29, 1.82) is 0 Å². The third kappa shape index (κ3) is 3.57. The van der Waals surface area contributed by atoms with Gasteiger partial charge in [0.05, 0.1) is 6.21 Å². The van der Waals surface area contributed by atoms with Crippen LogP contribution in [0.3, 0.4) is 0 Å². The van der Waals surface area contributed by atoms with Crippen LogP contribution in [-0.4, -0.2) is 15.9 Å². The number of hydrogen-bond acceptors (Lipinski definition) is 2. The molecule has 0 spiro atoms. The summed E-state index contributed by atoms with van der Waals surface area (Å²) in [6, 6.07) is 8.34. The summed E-state index contributed by atoms with van der Waals surface area (Å²) < 4.78 is 2.28. The molecule has 0 unspecified atom stereocenters. The van der Waals surface area contributed by atoms with Crippen LogP contribution in [0.5, 0.6) is 0 Å². The maximum Gasteiger partial charge on any atom is 0.184 e. The lowest BCUT2D eigenvalue weighted by atomic mass is 10.2. The van der Waals surface area contributed by atoms with E-state index in [1.54, 1.807) is 6.21 Å². The molecule has 20 heavy (non-hydrogen) atoms. The van der Waals surface area contributed by atoms with Crippen LogP contribution in [0, 0.1) is 0 Å². The van der Waals surface area contributed by atoms with Crippen molar-refractivity contribution in [3.8, 4) is 0 Å². The molecule has 0 radical (unpaired) electrons. The summed E-state index contributed by atoms with van der Waals surface area (Å²) in [5.74, 6) is 0. The first-order valence-electron chi connectivity index (χ1n) is 6.88. The number of benzene rings is 1. The second-order valence-electron chi connectivity index (χ2n) is 4.74. The second kappa shape index (κ2) is 7.05. The molecule has 3 N–H and O–H groups in total. The van der Waals surface area contributed by atoms with Crippen LogP contribution in [0.4, 0.5) is 0 Å². The van der Waals surface area contributed by atoms with Crippen LogP contribution < -0.4 is 11.2 Å². The third-order valence-corrected chi connectivity index (χ3v) is 3.29. The highest BCUT2D eigenvalue weighted by molar-refractivity contribution is 7.80. The van der Waals surface area contributed by atoms with E-state index in [2.05, 4.69) is 46.4 Å². The number of fused-ring (bicyclic) bond motifs is 1. The van der Waals surface area contributed by atoms with Crippen LogP contribution >= 0.6 is 12.2 Å². The Hall–Kier alpha value is -1.88.